The van der Waals surface area contributed by atoms with Crippen LogP contribution in [0.5, 0.6) is 0 Å². The van der Waals surface area contributed by atoms with Crippen LogP contribution in [0.2, 0.25) is 0 Å². The molecule has 0 saturated heterocycles. The van der Waals surface area contributed by atoms with E-state index in [-0.39, 0.29) is 17.6 Å². The maximum atomic E-state index is 11.9. The van der Waals surface area contributed by atoms with Gasteiger partial charge in [-0.15, -0.1) is 10.2 Å². The van der Waals surface area contributed by atoms with E-state index in [1.54, 1.807) is 24.3 Å². The van der Waals surface area contributed by atoms with E-state index in [4.69, 9.17) is 4.74 Å². The van der Waals surface area contributed by atoms with Gasteiger partial charge in [-0.2, -0.15) is 0 Å². The number of benzene rings is 1. The van der Waals surface area contributed by atoms with Gasteiger partial charge in [0.15, 0.2) is 4.34 Å². The molecule has 0 fully saturated rings. The molecule has 0 aliphatic rings. The number of aromatic nitrogens is 2. The minimum atomic E-state index is -0.344. The average molecular weight is 365 g/mol. The summed E-state index contributed by atoms with van der Waals surface area (Å²) in [6.07, 6.45) is 1.83. The van der Waals surface area contributed by atoms with Gasteiger partial charge in [-0.1, -0.05) is 36.4 Å². The van der Waals surface area contributed by atoms with E-state index in [1.165, 1.54) is 23.1 Å². The number of anilines is 1. The molecule has 6 nitrogen and oxygen atoms in total. The second-order valence-corrected chi connectivity index (χ2v) is 7.39. The Morgan fingerprint density at radius 2 is 2.00 bits per heavy atom. The van der Waals surface area contributed by atoms with Crippen molar-refractivity contribution in [3.63, 3.8) is 0 Å². The summed E-state index contributed by atoms with van der Waals surface area (Å²) in [4.78, 5) is 23.7. The SMILES string of the molecule is CCCCOC(=O)c1ccc(NC(=O)CSc2nnc(C)s2)cc1. The number of hydrogen-bond acceptors (Lipinski definition) is 7. The Morgan fingerprint density at radius 1 is 1.25 bits per heavy atom. The molecule has 1 N–H and O–H groups in total. The summed E-state index contributed by atoms with van der Waals surface area (Å²) < 4.78 is 5.91. The number of carbonyl (C=O) groups is 2. The fraction of sp³-hybridized carbons (Fsp3) is 0.375. The molecule has 8 heteroatoms. The summed E-state index contributed by atoms with van der Waals surface area (Å²) in [5.74, 6) is -0.218. The fourth-order valence-electron chi connectivity index (χ4n) is 1.74. The van der Waals surface area contributed by atoms with Gasteiger partial charge in [0.25, 0.3) is 0 Å². The van der Waals surface area contributed by atoms with E-state index in [1.807, 2.05) is 13.8 Å². The van der Waals surface area contributed by atoms with E-state index in [0.717, 1.165) is 22.2 Å². The van der Waals surface area contributed by atoms with Gasteiger partial charge in [0, 0.05) is 5.69 Å². The summed E-state index contributed by atoms with van der Waals surface area (Å²) in [7, 11) is 0. The minimum Gasteiger partial charge on any atom is -0.462 e. The lowest BCUT2D eigenvalue weighted by atomic mass is 10.2. The van der Waals surface area contributed by atoms with Crippen molar-refractivity contribution in [2.24, 2.45) is 0 Å². The normalized spacial score (nSPS) is 10.4. The third-order valence-corrected chi connectivity index (χ3v) is 4.94. The van der Waals surface area contributed by atoms with Gasteiger partial charge in [-0.25, -0.2) is 4.79 Å². The minimum absolute atomic E-state index is 0.133. The molecule has 0 bridgehead atoms. The molecule has 0 radical (unpaired) electrons. The zero-order valence-corrected chi connectivity index (χ0v) is 15.2. The standard InChI is InChI=1S/C16H19N3O3S2/c1-3-4-9-22-15(21)12-5-7-13(8-6-12)17-14(20)10-23-16-19-18-11(2)24-16/h5-8H,3-4,9-10H2,1-2H3,(H,17,20). The van der Waals surface area contributed by atoms with E-state index in [2.05, 4.69) is 15.5 Å². The van der Waals surface area contributed by atoms with Gasteiger partial charge in [-0.05, 0) is 37.6 Å². The monoisotopic (exact) mass is 365 g/mol. The molecule has 1 aromatic carbocycles. The molecule has 0 aliphatic carbocycles. The van der Waals surface area contributed by atoms with E-state index in [9.17, 15) is 9.59 Å². The molecule has 128 valence electrons. The van der Waals surface area contributed by atoms with Crippen molar-refractivity contribution in [1.29, 1.82) is 0 Å². The van der Waals surface area contributed by atoms with Crippen LogP contribution in [0.15, 0.2) is 28.6 Å². The van der Waals surface area contributed by atoms with Crippen LogP contribution in [0.3, 0.4) is 0 Å². The Balaban J connectivity index is 1.80. The Morgan fingerprint density at radius 3 is 2.62 bits per heavy atom. The van der Waals surface area contributed by atoms with Gasteiger partial charge in [0.1, 0.15) is 5.01 Å². The van der Waals surface area contributed by atoms with Crippen LogP contribution < -0.4 is 5.32 Å². The number of rotatable bonds is 8. The molecule has 1 heterocycles. The van der Waals surface area contributed by atoms with Crippen LogP contribution in [-0.2, 0) is 9.53 Å². The summed E-state index contributed by atoms with van der Waals surface area (Å²) >= 11 is 2.81. The molecular weight excluding hydrogens is 346 g/mol. The van der Waals surface area contributed by atoms with E-state index >= 15 is 0 Å². The zero-order chi connectivity index (χ0) is 17.4. The number of unbranched alkanes of at least 4 members (excludes halogenated alkanes) is 1. The highest BCUT2D eigenvalue weighted by Crippen LogP contribution is 2.22. The molecule has 0 spiro atoms. The fourth-order valence-corrected chi connectivity index (χ4v) is 3.36. The molecule has 1 aromatic heterocycles. The van der Waals surface area contributed by atoms with E-state index in [0.29, 0.717) is 17.9 Å². The molecule has 0 aliphatic heterocycles. The highest BCUT2D eigenvalue weighted by Gasteiger charge is 2.09. The number of nitrogens with zero attached hydrogens (tertiary/aromatic N) is 2. The molecule has 1 amide bonds. The molecule has 0 unspecified atom stereocenters. The van der Waals surface area contributed by atoms with Gasteiger partial charge in [-0.3, -0.25) is 4.79 Å². The first-order chi connectivity index (χ1) is 11.6. The van der Waals surface area contributed by atoms with Gasteiger partial charge in [0.05, 0.1) is 17.9 Å². The van der Waals surface area contributed by atoms with Crippen LogP contribution >= 0.6 is 23.1 Å². The second kappa shape index (κ2) is 9.39. The Bertz CT molecular complexity index is 686. The molecule has 0 saturated carbocycles. The van der Waals surface area contributed by atoms with Crippen LogP contribution in [0.25, 0.3) is 0 Å². The first-order valence-corrected chi connectivity index (χ1v) is 9.38. The summed E-state index contributed by atoms with van der Waals surface area (Å²) in [5, 5.41) is 11.5. The second-order valence-electron chi connectivity index (χ2n) is 4.99. The number of ether oxygens (including phenoxy) is 1. The number of amides is 1. The van der Waals surface area contributed by atoms with Gasteiger partial charge < -0.3 is 10.1 Å². The van der Waals surface area contributed by atoms with Crippen LogP contribution in [0, 0.1) is 6.92 Å². The predicted molar refractivity (Wildman–Crippen MR) is 95.6 cm³/mol. The molecular formula is C16H19N3O3S2. The molecule has 0 atom stereocenters. The first kappa shape index (κ1) is 18.4. The maximum Gasteiger partial charge on any atom is 0.338 e. The highest BCUT2D eigenvalue weighted by atomic mass is 32.2. The Labute approximate surface area is 149 Å². The predicted octanol–water partition coefficient (Wildman–Crippen LogP) is 3.53. The van der Waals surface area contributed by atoms with Crippen molar-refractivity contribution in [1.82, 2.24) is 10.2 Å². The van der Waals surface area contributed by atoms with Crippen molar-refractivity contribution < 1.29 is 14.3 Å². The van der Waals surface area contributed by atoms with Crippen LogP contribution in [-0.4, -0.2) is 34.4 Å². The lowest BCUT2D eigenvalue weighted by Gasteiger charge is -2.06. The lowest BCUT2D eigenvalue weighted by Crippen LogP contribution is -2.14. The van der Waals surface area contributed by atoms with Crippen molar-refractivity contribution >= 4 is 40.7 Å². The maximum absolute atomic E-state index is 11.9. The molecule has 2 rings (SSSR count). The smallest absolute Gasteiger partial charge is 0.338 e. The van der Waals surface area contributed by atoms with Gasteiger partial charge in [0.2, 0.25) is 5.91 Å². The summed E-state index contributed by atoms with van der Waals surface area (Å²) in [6.45, 7) is 4.34. The van der Waals surface area contributed by atoms with Gasteiger partial charge >= 0.3 is 5.97 Å². The number of carbonyl (C=O) groups excluding carboxylic acids is 2. The number of thioether (sulfide) groups is 1. The quantitative estimate of drug-likeness (QED) is 0.438. The lowest BCUT2D eigenvalue weighted by molar-refractivity contribution is -0.113. The first-order valence-electron chi connectivity index (χ1n) is 7.58. The molecule has 2 aromatic rings. The van der Waals surface area contributed by atoms with Crippen molar-refractivity contribution in [3.8, 4) is 0 Å². The Hall–Kier alpha value is -1.93. The van der Waals surface area contributed by atoms with Crippen molar-refractivity contribution in [2.45, 2.75) is 31.0 Å². The number of esters is 1. The number of aryl methyl sites for hydroxylation is 1. The van der Waals surface area contributed by atoms with Crippen molar-refractivity contribution in [2.75, 3.05) is 17.7 Å². The number of nitrogens with one attached hydrogen (secondary N) is 1. The Kier molecular flexibility index (Phi) is 7.20. The largest absolute Gasteiger partial charge is 0.462 e. The average Bonchev–Trinajstić information content (AvgIpc) is 2.99. The third kappa shape index (κ3) is 5.93. The van der Waals surface area contributed by atoms with Crippen LogP contribution in [0.4, 0.5) is 5.69 Å². The van der Waals surface area contributed by atoms with Crippen LogP contribution in [0.1, 0.15) is 35.1 Å². The summed E-state index contributed by atoms with van der Waals surface area (Å²) in [5.41, 5.74) is 1.11. The third-order valence-electron chi connectivity index (χ3n) is 2.97. The van der Waals surface area contributed by atoms with E-state index < -0.39 is 0 Å². The van der Waals surface area contributed by atoms with Crippen molar-refractivity contribution in [3.05, 3.63) is 34.8 Å². The summed E-state index contributed by atoms with van der Waals surface area (Å²) in [6, 6.07) is 6.67. The zero-order valence-electron chi connectivity index (χ0n) is 13.6. The molecule has 24 heavy (non-hydrogen) atoms. The number of hydrogen-bond donors (Lipinski definition) is 1. The highest BCUT2D eigenvalue weighted by molar-refractivity contribution is 8.01. The topological polar surface area (TPSA) is 81.2 Å².